The maximum atomic E-state index is 12.2. The van der Waals surface area contributed by atoms with Crippen LogP contribution in [0.5, 0.6) is 5.75 Å². The molecule has 1 aromatic heterocycles. The Morgan fingerprint density at radius 1 is 1.46 bits per heavy atom. The summed E-state index contributed by atoms with van der Waals surface area (Å²) in [6, 6.07) is 7.52. The molecular formula is C17H22N4O3. The summed E-state index contributed by atoms with van der Waals surface area (Å²) in [5, 5.41) is 6.20. The summed E-state index contributed by atoms with van der Waals surface area (Å²) < 4.78 is 13.1. The van der Waals surface area contributed by atoms with Crippen molar-refractivity contribution in [3.05, 3.63) is 43.0 Å². The zero-order chi connectivity index (χ0) is 16.6. The number of nitrogens with one attached hydrogen (secondary N) is 2. The Balaban J connectivity index is 1.51. The number of carbonyl (C=O) groups excluding carboxylic acids is 1. The Bertz CT molecular complexity index is 639. The van der Waals surface area contributed by atoms with Gasteiger partial charge in [0, 0.05) is 31.4 Å². The maximum Gasteiger partial charge on any atom is 0.226 e. The number of imidazole rings is 1. The van der Waals surface area contributed by atoms with Crippen molar-refractivity contribution in [2.75, 3.05) is 31.7 Å². The smallest absolute Gasteiger partial charge is 0.226 e. The molecule has 2 N–H and O–H groups in total. The molecule has 2 heterocycles. The van der Waals surface area contributed by atoms with E-state index < -0.39 is 0 Å². The standard InChI is InChI=1S/C17H22N4O3/c22-17(11-14-12-23-9-6-19-14)20-15-3-1-2-4-16(15)24-10-8-21-7-5-18-13-21/h1-5,7,13-14,19H,6,8-12H2,(H,20,22). The van der Waals surface area contributed by atoms with Gasteiger partial charge >= 0.3 is 0 Å². The van der Waals surface area contributed by atoms with Crippen LogP contribution in [0.1, 0.15) is 6.42 Å². The van der Waals surface area contributed by atoms with Crippen molar-refractivity contribution in [2.24, 2.45) is 0 Å². The zero-order valence-electron chi connectivity index (χ0n) is 13.5. The molecule has 0 spiro atoms. The second kappa shape index (κ2) is 8.47. The Kier molecular flexibility index (Phi) is 5.81. The fourth-order valence-corrected chi connectivity index (χ4v) is 2.55. The lowest BCUT2D eigenvalue weighted by molar-refractivity contribution is -0.117. The summed E-state index contributed by atoms with van der Waals surface area (Å²) in [4.78, 5) is 16.2. The Labute approximate surface area is 141 Å². The van der Waals surface area contributed by atoms with Crippen LogP contribution in [0.3, 0.4) is 0 Å². The minimum atomic E-state index is -0.0522. The average Bonchev–Trinajstić information content (AvgIpc) is 3.11. The molecule has 2 aromatic rings. The second-order valence-corrected chi connectivity index (χ2v) is 5.62. The number of anilines is 1. The summed E-state index contributed by atoms with van der Waals surface area (Å²) in [6.07, 6.45) is 5.74. The molecule has 128 valence electrons. The van der Waals surface area contributed by atoms with Gasteiger partial charge in [0.1, 0.15) is 12.4 Å². The van der Waals surface area contributed by atoms with Crippen molar-refractivity contribution in [3.8, 4) is 5.75 Å². The lowest BCUT2D eigenvalue weighted by Gasteiger charge is -2.23. The molecule has 24 heavy (non-hydrogen) atoms. The number of para-hydroxylation sites is 2. The van der Waals surface area contributed by atoms with Gasteiger partial charge in [-0.1, -0.05) is 12.1 Å². The van der Waals surface area contributed by atoms with Crippen LogP contribution < -0.4 is 15.4 Å². The van der Waals surface area contributed by atoms with Gasteiger partial charge in [-0.2, -0.15) is 0 Å². The minimum absolute atomic E-state index is 0.0522. The highest BCUT2D eigenvalue weighted by molar-refractivity contribution is 5.92. The fraction of sp³-hybridized carbons (Fsp3) is 0.412. The number of rotatable bonds is 7. The van der Waals surface area contributed by atoms with Crippen LogP contribution in [0.4, 0.5) is 5.69 Å². The molecule has 7 nitrogen and oxygen atoms in total. The molecular weight excluding hydrogens is 308 g/mol. The van der Waals surface area contributed by atoms with Gasteiger partial charge in [0.05, 0.1) is 31.8 Å². The minimum Gasteiger partial charge on any atom is -0.490 e. The molecule has 1 saturated heterocycles. The maximum absolute atomic E-state index is 12.2. The second-order valence-electron chi connectivity index (χ2n) is 5.62. The number of carbonyl (C=O) groups is 1. The third-order valence-corrected chi connectivity index (χ3v) is 3.76. The molecule has 1 unspecified atom stereocenters. The van der Waals surface area contributed by atoms with Gasteiger partial charge in [-0.05, 0) is 12.1 Å². The van der Waals surface area contributed by atoms with E-state index in [0.717, 1.165) is 6.54 Å². The van der Waals surface area contributed by atoms with Crippen LogP contribution in [0, 0.1) is 0 Å². The number of ether oxygens (including phenoxy) is 2. The third-order valence-electron chi connectivity index (χ3n) is 3.76. The lowest BCUT2D eigenvalue weighted by atomic mass is 10.2. The largest absolute Gasteiger partial charge is 0.490 e. The molecule has 1 aliphatic heterocycles. The average molecular weight is 330 g/mol. The van der Waals surface area contributed by atoms with Gasteiger partial charge in [0.2, 0.25) is 5.91 Å². The van der Waals surface area contributed by atoms with Gasteiger partial charge in [-0.15, -0.1) is 0 Å². The van der Waals surface area contributed by atoms with Crippen LogP contribution in [0.2, 0.25) is 0 Å². The van der Waals surface area contributed by atoms with E-state index in [1.54, 1.807) is 12.5 Å². The predicted octanol–water partition coefficient (Wildman–Crippen LogP) is 1.28. The molecule has 3 rings (SSSR count). The number of morpholine rings is 1. The Morgan fingerprint density at radius 2 is 2.38 bits per heavy atom. The molecule has 0 radical (unpaired) electrons. The highest BCUT2D eigenvalue weighted by Gasteiger charge is 2.17. The number of aromatic nitrogens is 2. The van der Waals surface area contributed by atoms with E-state index in [4.69, 9.17) is 9.47 Å². The van der Waals surface area contributed by atoms with Gasteiger partial charge in [0.25, 0.3) is 0 Å². The first-order valence-corrected chi connectivity index (χ1v) is 8.10. The van der Waals surface area contributed by atoms with E-state index in [2.05, 4.69) is 15.6 Å². The van der Waals surface area contributed by atoms with Gasteiger partial charge in [-0.3, -0.25) is 4.79 Å². The van der Waals surface area contributed by atoms with Crippen molar-refractivity contribution >= 4 is 11.6 Å². The highest BCUT2D eigenvalue weighted by Crippen LogP contribution is 2.24. The number of amides is 1. The van der Waals surface area contributed by atoms with Crippen LogP contribution in [0.25, 0.3) is 0 Å². The number of hydrogen-bond donors (Lipinski definition) is 2. The third kappa shape index (κ3) is 4.81. The van der Waals surface area contributed by atoms with E-state index in [1.165, 1.54) is 0 Å². The number of hydrogen-bond acceptors (Lipinski definition) is 5. The van der Waals surface area contributed by atoms with Gasteiger partial charge < -0.3 is 24.7 Å². The molecule has 1 aliphatic rings. The van der Waals surface area contributed by atoms with E-state index in [-0.39, 0.29) is 11.9 Å². The van der Waals surface area contributed by atoms with Crippen molar-refractivity contribution in [2.45, 2.75) is 19.0 Å². The van der Waals surface area contributed by atoms with E-state index >= 15 is 0 Å². The molecule has 1 aromatic carbocycles. The van der Waals surface area contributed by atoms with E-state index in [9.17, 15) is 4.79 Å². The lowest BCUT2D eigenvalue weighted by Crippen LogP contribution is -2.43. The van der Waals surface area contributed by atoms with E-state index in [1.807, 2.05) is 35.0 Å². The SMILES string of the molecule is O=C(CC1COCCN1)Nc1ccccc1OCCn1ccnc1. The molecule has 0 bridgehead atoms. The number of nitrogens with zero attached hydrogens (tertiary/aromatic N) is 2. The summed E-state index contributed by atoms with van der Waals surface area (Å²) in [5.74, 6) is 0.613. The normalized spacial score (nSPS) is 17.4. The molecule has 1 atom stereocenters. The molecule has 0 aliphatic carbocycles. The molecule has 0 saturated carbocycles. The zero-order valence-corrected chi connectivity index (χ0v) is 13.5. The van der Waals surface area contributed by atoms with Gasteiger partial charge in [0.15, 0.2) is 0 Å². The quantitative estimate of drug-likeness (QED) is 0.800. The van der Waals surface area contributed by atoms with Crippen LogP contribution in [0.15, 0.2) is 43.0 Å². The van der Waals surface area contributed by atoms with Crippen molar-refractivity contribution in [1.82, 2.24) is 14.9 Å². The topological polar surface area (TPSA) is 77.4 Å². The summed E-state index contributed by atoms with van der Waals surface area (Å²) in [5.41, 5.74) is 0.685. The summed E-state index contributed by atoms with van der Waals surface area (Å²) >= 11 is 0. The highest BCUT2D eigenvalue weighted by atomic mass is 16.5. The summed E-state index contributed by atoms with van der Waals surface area (Å²) in [6.45, 7) is 3.25. The van der Waals surface area contributed by atoms with Crippen molar-refractivity contribution in [1.29, 1.82) is 0 Å². The molecule has 1 amide bonds. The Hall–Kier alpha value is -2.38. The molecule has 1 fully saturated rings. The first-order valence-electron chi connectivity index (χ1n) is 8.10. The van der Waals surface area contributed by atoms with E-state index in [0.29, 0.717) is 44.2 Å². The monoisotopic (exact) mass is 330 g/mol. The predicted molar refractivity (Wildman–Crippen MR) is 90.0 cm³/mol. The first kappa shape index (κ1) is 16.5. The Morgan fingerprint density at radius 3 is 3.17 bits per heavy atom. The van der Waals surface area contributed by atoms with Crippen LogP contribution in [-0.4, -0.2) is 47.9 Å². The van der Waals surface area contributed by atoms with Gasteiger partial charge in [-0.25, -0.2) is 4.98 Å². The number of benzene rings is 1. The van der Waals surface area contributed by atoms with Crippen LogP contribution in [-0.2, 0) is 16.1 Å². The van der Waals surface area contributed by atoms with Crippen LogP contribution >= 0.6 is 0 Å². The van der Waals surface area contributed by atoms with Crippen molar-refractivity contribution in [3.63, 3.8) is 0 Å². The first-order chi connectivity index (χ1) is 11.8. The van der Waals surface area contributed by atoms with Crippen molar-refractivity contribution < 1.29 is 14.3 Å². The summed E-state index contributed by atoms with van der Waals surface area (Å²) in [7, 11) is 0. The molecule has 7 heteroatoms. The fourth-order valence-electron chi connectivity index (χ4n) is 2.55.